The summed E-state index contributed by atoms with van der Waals surface area (Å²) in [5, 5.41) is 8.66. The molecule has 0 radical (unpaired) electrons. The molecule has 0 unspecified atom stereocenters. The fourth-order valence-electron chi connectivity index (χ4n) is 1.71. The van der Waals surface area contributed by atoms with Crippen molar-refractivity contribution in [1.82, 2.24) is 0 Å². The second kappa shape index (κ2) is 16.3. The third kappa shape index (κ3) is 16.4. The van der Waals surface area contributed by atoms with Crippen LogP contribution < -0.4 is 0 Å². The molecule has 0 aromatic heterocycles. The maximum absolute atomic E-state index is 10.3. The van der Waals surface area contributed by atoms with Gasteiger partial charge in [0.15, 0.2) is 8.32 Å². The maximum atomic E-state index is 10.3. The van der Waals surface area contributed by atoms with E-state index in [4.69, 9.17) is 33.2 Å². The SMILES string of the molecule is CC(C)(C)[Si](C)(C)OCCOCCOCCOCCOCCOCCC(=O)O. The van der Waals surface area contributed by atoms with E-state index in [1.807, 2.05) is 0 Å². The predicted octanol–water partition coefficient (Wildman–Crippen LogP) is 2.57. The van der Waals surface area contributed by atoms with E-state index in [2.05, 4.69) is 33.9 Å². The Labute approximate surface area is 170 Å². The number of hydrogen-bond acceptors (Lipinski definition) is 7. The first-order valence-corrected chi connectivity index (χ1v) is 12.8. The van der Waals surface area contributed by atoms with Crippen molar-refractivity contribution >= 4 is 14.3 Å². The van der Waals surface area contributed by atoms with E-state index in [0.29, 0.717) is 66.1 Å². The van der Waals surface area contributed by atoms with Gasteiger partial charge in [-0.3, -0.25) is 4.79 Å². The Morgan fingerprint density at radius 3 is 1.32 bits per heavy atom. The molecule has 0 bridgehead atoms. The Bertz CT molecular complexity index is 385. The minimum atomic E-state index is -1.68. The Morgan fingerprint density at radius 2 is 1.00 bits per heavy atom. The van der Waals surface area contributed by atoms with Crippen LogP contribution in [0.5, 0.6) is 0 Å². The molecule has 0 amide bonds. The van der Waals surface area contributed by atoms with E-state index in [0.717, 1.165) is 0 Å². The number of carboxylic acids is 1. The Hall–Kier alpha value is -0.553. The van der Waals surface area contributed by atoms with Gasteiger partial charge in [0.1, 0.15) is 0 Å². The van der Waals surface area contributed by atoms with Crippen LogP contribution in [0.4, 0.5) is 0 Å². The zero-order valence-corrected chi connectivity index (χ0v) is 19.3. The fraction of sp³-hybridized carbons (Fsp3) is 0.947. The zero-order valence-electron chi connectivity index (χ0n) is 18.3. The fourth-order valence-corrected chi connectivity index (χ4v) is 2.74. The Balaban J connectivity index is 3.21. The van der Waals surface area contributed by atoms with E-state index in [1.165, 1.54) is 0 Å². The Kier molecular flexibility index (Phi) is 15.9. The minimum Gasteiger partial charge on any atom is -0.481 e. The third-order valence-corrected chi connectivity index (χ3v) is 8.98. The number of carboxylic acid groups (broad SMARTS) is 1. The number of hydrogen-bond donors (Lipinski definition) is 1. The van der Waals surface area contributed by atoms with Crippen LogP contribution in [0.2, 0.25) is 18.1 Å². The molecular formula is C19H40O8Si. The van der Waals surface area contributed by atoms with Crippen molar-refractivity contribution in [3.8, 4) is 0 Å². The normalized spacial score (nSPS) is 12.5. The lowest BCUT2D eigenvalue weighted by atomic mass is 10.2. The summed E-state index contributed by atoms with van der Waals surface area (Å²) < 4.78 is 32.8. The summed E-state index contributed by atoms with van der Waals surface area (Å²) in [6.07, 6.45) is 0.0128. The second-order valence-electron chi connectivity index (χ2n) is 7.81. The van der Waals surface area contributed by atoms with Gasteiger partial charge in [-0.1, -0.05) is 20.8 Å². The number of rotatable bonds is 19. The Morgan fingerprint density at radius 1 is 0.679 bits per heavy atom. The van der Waals surface area contributed by atoms with Crippen molar-refractivity contribution in [2.24, 2.45) is 0 Å². The van der Waals surface area contributed by atoms with Crippen molar-refractivity contribution in [1.29, 1.82) is 0 Å². The van der Waals surface area contributed by atoms with Crippen LogP contribution in [0.15, 0.2) is 0 Å². The van der Waals surface area contributed by atoms with E-state index in [-0.39, 0.29) is 18.1 Å². The lowest BCUT2D eigenvalue weighted by Crippen LogP contribution is -2.41. The smallest absolute Gasteiger partial charge is 0.305 e. The van der Waals surface area contributed by atoms with E-state index < -0.39 is 14.3 Å². The quantitative estimate of drug-likeness (QED) is 0.250. The molecule has 0 aliphatic heterocycles. The molecule has 0 atom stereocenters. The van der Waals surface area contributed by atoms with Gasteiger partial charge >= 0.3 is 5.97 Å². The highest BCUT2D eigenvalue weighted by atomic mass is 28.4. The van der Waals surface area contributed by atoms with Gasteiger partial charge in [-0.2, -0.15) is 0 Å². The highest BCUT2D eigenvalue weighted by Crippen LogP contribution is 2.36. The van der Waals surface area contributed by atoms with E-state index in [9.17, 15) is 4.79 Å². The van der Waals surface area contributed by atoms with Crippen molar-refractivity contribution in [3.63, 3.8) is 0 Å². The number of aliphatic carboxylic acids is 1. The molecule has 28 heavy (non-hydrogen) atoms. The van der Waals surface area contributed by atoms with Crippen LogP contribution >= 0.6 is 0 Å². The summed E-state index contributed by atoms with van der Waals surface area (Å²) in [4.78, 5) is 10.3. The maximum Gasteiger partial charge on any atom is 0.305 e. The molecule has 0 aromatic carbocycles. The highest BCUT2D eigenvalue weighted by molar-refractivity contribution is 6.74. The summed E-state index contributed by atoms with van der Waals surface area (Å²) in [6.45, 7) is 16.4. The van der Waals surface area contributed by atoms with Crippen molar-refractivity contribution in [3.05, 3.63) is 0 Å². The summed E-state index contributed by atoms with van der Waals surface area (Å²) in [5.74, 6) is -0.862. The van der Waals surface area contributed by atoms with Crippen molar-refractivity contribution < 1.29 is 38.0 Å². The van der Waals surface area contributed by atoms with Crippen LogP contribution in [0, 0.1) is 0 Å². The lowest BCUT2D eigenvalue weighted by Gasteiger charge is -2.36. The average Bonchev–Trinajstić information content (AvgIpc) is 2.59. The van der Waals surface area contributed by atoms with Crippen LogP contribution in [0.3, 0.4) is 0 Å². The van der Waals surface area contributed by atoms with Gasteiger partial charge in [0.2, 0.25) is 0 Å². The molecular weight excluding hydrogens is 384 g/mol. The summed E-state index contributed by atoms with van der Waals surface area (Å²) in [7, 11) is -1.68. The number of carbonyl (C=O) groups is 1. The minimum absolute atomic E-state index is 0.0128. The molecule has 0 spiro atoms. The molecule has 0 heterocycles. The standard InChI is InChI=1S/C19H40O8Si/c1-19(2,3)28(4,5)27-17-16-26-15-14-25-13-12-24-11-10-23-9-8-22-7-6-18(20)21/h6-17H2,1-5H3,(H,20,21). The van der Waals surface area contributed by atoms with Crippen molar-refractivity contribution in [2.75, 3.05) is 72.7 Å². The van der Waals surface area contributed by atoms with Crippen LogP contribution in [-0.4, -0.2) is 92.1 Å². The molecule has 168 valence electrons. The molecule has 0 fully saturated rings. The average molecular weight is 425 g/mol. The topological polar surface area (TPSA) is 92.7 Å². The van der Waals surface area contributed by atoms with Gasteiger partial charge in [0, 0.05) is 0 Å². The molecule has 0 saturated heterocycles. The molecule has 0 rings (SSSR count). The first kappa shape index (κ1) is 27.4. The molecule has 0 aliphatic carbocycles. The van der Waals surface area contributed by atoms with Crippen LogP contribution in [-0.2, 0) is 32.9 Å². The summed E-state index contributed by atoms with van der Waals surface area (Å²) in [5.41, 5.74) is 0. The van der Waals surface area contributed by atoms with Crippen molar-refractivity contribution in [2.45, 2.75) is 45.3 Å². The molecule has 9 heteroatoms. The largest absolute Gasteiger partial charge is 0.481 e. The third-order valence-electron chi connectivity index (χ3n) is 4.45. The number of ether oxygens (including phenoxy) is 5. The molecule has 0 aromatic rings. The van der Waals surface area contributed by atoms with Gasteiger partial charge in [0.05, 0.1) is 79.1 Å². The van der Waals surface area contributed by atoms with Crippen LogP contribution in [0.1, 0.15) is 27.2 Å². The van der Waals surface area contributed by atoms with E-state index >= 15 is 0 Å². The molecule has 0 aliphatic rings. The molecule has 1 N–H and O–H groups in total. The molecule has 0 saturated carbocycles. The van der Waals surface area contributed by atoms with Gasteiger partial charge < -0.3 is 33.2 Å². The lowest BCUT2D eigenvalue weighted by molar-refractivity contribution is -0.138. The van der Waals surface area contributed by atoms with Gasteiger partial charge in [-0.15, -0.1) is 0 Å². The van der Waals surface area contributed by atoms with Gasteiger partial charge in [0.25, 0.3) is 0 Å². The predicted molar refractivity (Wildman–Crippen MR) is 109 cm³/mol. The van der Waals surface area contributed by atoms with Crippen LogP contribution in [0.25, 0.3) is 0 Å². The van der Waals surface area contributed by atoms with Gasteiger partial charge in [-0.05, 0) is 18.1 Å². The highest BCUT2D eigenvalue weighted by Gasteiger charge is 2.36. The zero-order chi connectivity index (χ0) is 21.3. The summed E-state index contributed by atoms with van der Waals surface area (Å²) in [6, 6.07) is 0. The first-order valence-electron chi connectivity index (χ1n) is 9.91. The van der Waals surface area contributed by atoms with E-state index in [1.54, 1.807) is 0 Å². The first-order chi connectivity index (χ1) is 13.2. The molecule has 8 nitrogen and oxygen atoms in total. The van der Waals surface area contributed by atoms with Gasteiger partial charge in [-0.25, -0.2) is 0 Å². The second-order valence-corrected chi connectivity index (χ2v) is 12.6. The summed E-state index contributed by atoms with van der Waals surface area (Å²) >= 11 is 0. The monoisotopic (exact) mass is 424 g/mol.